The standard InChI is InChI=1S/C12H13BNO2/c1-9-2-3-10-6-14(13-8-16)12(7-15)5-11(10)4-9/h2-4,7-8,12H,5-6H2,1H3/t12-/m0/s1. The van der Waals surface area contributed by atoms with Crippen LogP contribution in [0.25, 0.3) is 0 Å². The van der Waals surface area contributed by atoms with Gasteiger partial charge in [0.1, 0.15) is 6.29 Å². The van der Waals surface area contributed by atoms with Gasteiger partial charge in [-0.25, -0.2) is 0 Å². The first-order chi connectivity index (χ1) is 7.74. The van der Waals surface area contributed by atoms with E-state index in [1.54, 1.807) is 4.81 Å². The van der Waals surface area contributed by atoms with Crippen molar-refractivity contribution in [2.75, 3.05) is 0 Å². The molecule has 4 heteroatoms. The minimum Gasteiger partial charge on any atom is -0.327 e. The molecule has 1 aliphatic heterocycles. The zero-order valence-corrected chi connectivity index (χ0v) is 9.22. The summed E-state index contributed by atoms with van der Waals surface area (Å²) in [5.74, 6) is 0. The minimum absolute atomic E-state index is 0.209. The van der Waals surface area contributed by atoms with Crippen LogP contribution in [-0.2, 0) is 22.6 Å². The molecule has 0 N–H and O–H groups in total. The molecule has 1 atom stereocenters. The topological polar surface area (TPSA) is 37.4 Å². The summed E-state index contributed by atoms with van der Waals surface area (Å²) < 4.78 is 0. The summed E-state index contributed by atoms with van der Waals surface area (Å²) in [6, 6.07) is 6.03. The Labute approximate surface area is 95.7 Å². The van der Waals surface area contributed by atoms with E-state index in [1.807, 2.05) is 6.92 Å². The molecule has 16 heavy (non-hydrogen) atoms. The first-order valence-electron chi connectivity index (χ1n) is 5.32. The lowest BCUT2D eigenvalue weighted by Crippen LogP contribution is -2.44. The fraction of sp³-hybridized carbons (Fsp3) is 0.333. The summed E-state index contributed by atoms with van der Waals surface area (Å²) in [6.07, 6.45) is 2.33. The Bertz CT molecular complexity index is 419. The van der Waals surface area contributed by atoms with Crippen molar-refractivity contribution in [3.05, 3.63) is 34.9 Å². The third-order valence-corrected chi connectivity index (χ3v) is 2.98. The van der Waals surface area contributed by atoms with Crippen molar-refractivity contribution in [2.45, 2.75) is 25.9 Å². The summed E-state index contributed by atoms with van der Waals surface area (Å²) in [4.78, 5) is 23.2. The van der Waals surface area contributed by atoms with E-state index in [9.17, 15) is 9.59 Å². The second-order valence-electron chi connectivity index (χ2n) is 4.14. The SMILES string of the molecule is Cc1ccc2c(c1)C[C@@H](C=O)N([B]C=O)C2. The van der Waals surface area contributed by atoms with Crippen molar-refractivity contribution in [3.8, 4) is 0 Å². The third kappa shape index (κ3) is 2.07. The van der Waals surface area contributed by atoms with Crippen LogP contribution in [0.5, 0.6) is 0 Å². The van der Waals surface area contributed by atoms with Crippen LogP contribution < -0.4 is 0 Å². The van der Waals surface area contributed by atoms with Gasteiger partial charge in [-0.1, -0.05) is 23.8 Å². The average molecular weight is 214 g/mol. The van der Waals surface area contributed by atoms with Crippen LogP contribution in [0.2, 0.25) is 0 Å². The average Bonchev–Trinajstić information content (AvgIpc) is 2.29. The Kier molecular flexibility index (Phi) is 3.20. The van der Waals surface area contributed by atoms with Crippen LogP contribution in [0.3, 0.4) is 0 Å². The van der Waals surface area contributed by atoms with E-state index in [0.29, 0.717) is 13.0 Å². The zero-order chi connectivity index (χ0) is 11.5. The highest BCUT2D eigenvalue weighted by atomic mass is 16.1. The molecule has 0 aliphatic carbocycles. The Morgan fingerprint density at radius 3 is 2.88 bits per heavy atom. The fourth-order valence-electron chi connectivity index (χ4n) is 2.12. The molecule has 2 rings (SSSR count). The third-order valence-electron chi connectivity index (χ3n) is 2.98. The molecule has 0 spiro atoms. The lowest BCUT2D eigenvalue weighted by atomic mass is 9.84. The van der Waals surface area contributed by atoms with Gasteiger partial charge in [0.05, 0.1) is 12.2 Å². The molecule has 1 heterocycles. The number of rotatable bonds is 3. The monoisotopic (exact) mass is 214 g/mol. The minimum atomic E-state index is -0.209. The van der Waals surface area contributed by atoms with Crippen LogP contribution in [0.15, 0.2) is 18.2 Å². The second kappa shape index (κ2) is 4.62. The van der Waals surface area contributed by atoms with Crippen molar-refractivity contribution in [1.29, 1.82) is 0 Å². The van der Waals surface area contributed by atoms with E-state index in [4.69, 9.17) is 0 Å². The van der Waals surface area contributed by atoms with Gasteiger partial charge in [-0.2, -0.15) is 0 Å². The van der Waals surface area contributed by atoms with Gasteiger partial charge in [-0.3, -0.25) is 0 Å². The molecule has 0 saturated carbocycles. The summed E-state index contributed by atoms with van der Waals surface area (Å²) in [7, 11) is 1.45. The van der Waals surface area contributed by atoms with Crippen molar-refractivity contribution < 1.29 is 9.59 Å². The lowest BCUT2D eigenvalue weighted by molar-refractivity contribution is -0.111. The second-order valence-corrected chi connectivity index (χ2v) is 4.14. The molecule has 0 aromatic heterocycles. The molecular formula is C12H13BNO2. The van der Waals surface area contributed by atoms with E-state index >= 15 is 0 Å². The highest BCUT2D eigenvalue weighted by Gasteiger charge is 2.25. The summed E-state index contributed by atoms with van der Waals surface area (Å²) >= 11 is 0. The maximum absolute atomic E-state index is 11.0. The van der Waals surface area contributed by atoms with Crippen molar-refractivity contribution in [2.24, 2.45) is 0 Å². The van der Waals surface area contributed by atoms with Crippen LogP contribution in [0.1, 0.15) is 16.7 Å². The number of aldehydes is 1. The Morgan fingerprint density at radius 2 is 2.19 bits per heavy atom. The molecule has 0 saturated heterocycles. The van der Waals surface area contributed by atoms with Gasteiger partial charge in [0, 0.05) is 6.54 Å². The Morgan fingerprint density at radius 1 is 1.38 bits per heavy atom. The maximum atomic E-state index is 11.0. The van der Waals surface area contributed by atoms with Gasteiger partial charge in [0.25, 0.3) is 7.41 Å². The molecule has 81 valence electrons. The largest absolute Gasteiger partial charge is 0.327 e. The van der Waals surface area contributed by atoms with Gasteiger partial charge >= 0.3 is 0 Å². The van der Waals surface area contributed by atoms with Gasteiger partial charge in [0.2, 0.25) is 0 Å². The van der Waals surface area contributed by atoms with E-state index in [0.717, 1.165) is 12.5 Å². The highest BCUT2D eigenvalue weighted by molar-refractivity contribution is 6.64. The molecule has 1 aliphatic rings. The van der Waals surface area contributed by atoms with E-state index in [2.05, 4.69) is 18.2 Å². The first-order valence-corrected chi connectivity index (χ1v) is 5.32. The first kappa shape index (κ1) is 11.1. The predicted molar refractivity (Wildman–Crippen MR) is 62.8 cm³/mol. The zero-order valence-electron chi connectivity index (χ0n) is 9.22. The van der Waals surface area contributed by atoms with Crippen LogP contribution >= 0.6 is 0 Å². The summed E-state index contributed by atoms with van der Waals surface area (Å²) in [5, 5.41) is 0. The maximum Gasteiger partial charge on any atom is 0.294 e. The van der Waals surface area contributed by atoms with Crippen molar-refractivity contribution in [3.63, 3.8) is 0 Å². The van der Waals surface area contributed by atoms with Gasteiger partial charge in [-0.05, 0) is 24.5 Å². The number of benzene rings is 1. The quantitative estimate of drug-likeness (QED) is 0.549. The normalized spacial score (nSPS) is 19.9. The van der Waals surface area contributed by atoms with E-state index in [-0.39, 0.29) is 6.04 Å². The number of carbonyl (C=O) groups is 2. The van der Waals surface area contributed by atoms with Crippen molar-refractivity contribution >= 4 is 19.9 Å². The smallest absolute Gasteiger partial charge is 0.294 e. The molecule has 0 fully saturated rings. The fourth-order valence-corrected chi connectivity index (χ4v) is 2.12. The van der Waals surface area contributed by atoms with Crippen molar-refractivity contribution in [1.82, 2.24) is 4.81 Å². The molecule has 1 aromatic rings. The number of hydrogen-bond donors (Lipinski definition) is 0. The highest BCUT2D eigenvalue weighted by Crippen LogP contribution is 2.22. The van der Waals surface area contributed by atoms with E-state index in [1.165, 1.54) is 24.1 Å². The van der Waals surface area contributed by atoms with Gasteiger partial charge in [0.15, 0.2) is 0 Å². The van der Waals surface area contributed by atoms with Crippen LogP contribution in [0.4, 0.5) is 0 Å². The summed E-state index contributed by atoms with van der Waals surface area (Å²) in [5.41, 5.74) is 3.62. The van der Waals surface area contributed by atoms with Crippen LogP contribution in [-0.4, -0.2) is 30.7 Å². The Balaban J connectivity index is 2.29. The van der Waals surface area contributed by atoms with Crippen LogP contribution in [0, 0.1) is 6.92 Å². The predicted octanol–water partition coefficient (Wildman–Crippen LogP) is 0.730. The number of hydrogen-bond acceptors (Lipinski definition) is 3. The van der Waals surface area contributed by atoms with Gasteiger partial charge in [-0.15, -0.1) is 0 Å². The summed E-state index contributed by atoms with van der Waals surface area (Å²) in [6.45, 7) is 2.68. The molecule has 0 amide bonds. The molecule has 1 aromatic carbocycles. The number of aryl methyl sites for hydroxylation is 1. The van der Waals surface area contributed by atoms with Gasteiger partial charge < -0.3 is 14.4 Å². The Hall–Kier alpha value is -1.42. The molecule has 3 nitrogen and oxygen atoms in total. The number of carbonyl (C=O) groups excluding carboxylic acids is 2. The molecule has 1 radical (unpaired) electrons. The van der Waals surface area contributed by atoms with E-state index < -0.39 is 0 Å². The molecule has 0 unspecified atom stereocenters. The number of fused-ring (bicyclic) bond motifs is 1. The molecular weight excluding hydrogens is 201 g/mol. The number of nitrogens with zero attached hydrogens (tertiary/aromatic N) is 1. The molecule has 0 bridgehead atoms. The lowest BCUT2D eigenvalue weighted by Gasteiger charge is -2.32.